The van der Waals surface area contributed by atoms with Crippen LogP contribution in [0.5, 0.6) is 5.75 Å². The van der Waals surface area contributed by atoms with Crippen molar-refractivity contribution in [2.24, 2.45) is 0 Å². The van der Waals surface area contributed by atoms with Crippen LogP contribution in [-0.4, -0.2) is 55.8 Å². The Kier molecular flexibility index (Phi) is 5.26. The fourth-order valence-electron chi connectivity index (χ4n) is 3.48. The second-order valence-electron chi connectivity index (χ2n) is 6.75. The van der Waals surface area contributed by atoms with Crippen molar-refractivity contribution in [1.82, 2.24) is 9.21 Å². The van der Waals surface area contributed by atoms with Gasteiger partial charge in [0.2, 0.25) is 10.0 Å². The van der Waals surface area contributed by atoms with Crippen molar-refractivity contribution >= 4 is 39.1 Å². The van der Waals surface area contributed by atoms with Gasteiger partial charge in [-0.15, -0.1) is 0 Å². The first-order valence-corrected chi connectivity index (χ1v) is 11.0. The molecule has 0 saturated carbocycles. The zero-order valence-corrected chi connectivity index (χ0v) is 17.2. The summed E-state index contributed by atoms with van der Waals surface area (Å²) in [5.41, 5.74) is 0.910. The molecular weight excluding hydrogens is 423 g/mol. The number of rotatable bonds is 3. The van der Waals surface area contributed by atoms with Gasteiger partial charge in [-0.3, -0.25) is 4.79 Å². The van der Waals surface area contributed by atoms with E-state index < -0.39 is 16.1 Å². The highest BCUT2D eigenvalue weighted by Gasteiger charge is 2.36. The minimum Gasteiger partial charge on any atom is -0.480 e. The number of piperazine rings is 1. The van der Waals surface area contributed by atoms with Gasteiger partial charge in [0, 0.05) is 42.6 Å². The Morgan fingerprint density at radius 1 is 1.00 bits per heavy atom. The van der Waals surface area contributed by atoms with Crippen molar-refractivity contribution in [1.29, 1.82) is 0 Å². The van der Waals surface area contributed by atoms with Crippen molar-refractivity contribution in [3.8, 4) is 5.75 Å². The zero-order chi connectivity index (χ0) is 19.9. The number of sulfonamides is 1. The van der Waals surface area contributed by atoms with Gasteiger partial charge in [-0.05, 0) is 42.0 Å². The molecule has 0 N–H and O–H groups in total. The van der Waals surface area contributed by atoms with Crippen LogP contribution in [0.3, 0.4) is 0 Å². The van der Waals surface area contributed by atoms with E-state index in [1.54, 1.807) is 35.2 Å². The third-order valence-corrected chi connectivity index (χ3v) is 7.32. The Morgan fingerprint density at radius 3 is 2.43 bits per heavy atom. The molecule has 0 radical (unpaired) electrons. The van der Waals surface area contributed by atoms with Gasteiger partial charge in [-0.2, -0.15) is 4.31 Å². The highest BCUT2D eigenvalue weighted by atomic mass is 35.5. The molecule has 1 amide bonds. The summed E-state index contributed by atoms with van der Waals surface area (Å²) in [7, 11) is -3.64. The molecule has 0 aliphatic carbocycles. The van der Waals surface area contributed by atoms with Gasteiger partial charge < -0.3 is 9.64 Å². The van der Waals surface area contributed by atoms with Crippen molar-refractivity contribution in [2.75, 3.05) is 26.2 Å². The van der Waals surface area contributed by atoms with Crippen LogP contribution in [0.4, 0.5) is 0 Å². The van der Waals surface area contributed by atoms with Crippen LogP contribution in [0.25, 0.3) is 0 Å². The summed E-state index contributed by atoms with van der Waals surface area (Å²) in [6.45, 7) is 1.09. The Morgan fingerprint density at radius 2 is 1.71 bits per heavy atom. The van der Waals surface area contributed by atoms with Crippen LogP contribution >= 0.6 is 23.2 Å². The van der Waals surface area contributed by atoms with Gasteiger partial charge in [0.15, 0.2) is 6.10 Å². The number of hydrogen-bond acceptors (Lipinski definition) is 4. The van der Waals surface area contributed by atoms with Crippen LogP contribution in [0.15, 0.2) is 47.4 Å². The number of fused-ring (bicyclic) bond motifs is 1. The fourth-order valence-corrected chi connectivity index (χ4v) is 5.40. The number of hydrogen-bond donors (Lipinski definition) is 0. The number of ether oxygens (including phenoxy) is 1. The Labute approximate surface area is 173 Å². The van der Waals surface area contributed by atoms with Gasteiger partial charge in [-0.1, -0.05) is 29.3 Å². The molecule has 0 bridgehead atoms. The molecule has 2 aliphatic rings. The van der Waals surface area contributed by atoms with Gasteiger partial charge in [0.25, 0.3) is 5.91 Å². The van der Waals surface area contributed by atoms with Crippen molar-refractivity contribution in [3.05, 3.63) is 58.1 Å². The van der Waals surface area contributed by atoms with Gasteiger partial charge in [-0.25, -0.2) is 8.42 Å². The summed E-state index contributed by atoms with van der Waals surface area (Å²) in [6.07, 6.45) is -0.125. The molecule has 4 rings (SSSR count). The summed E-state index contributed by atoms with van der Waals surface area (Å²) in [5, 5.41) is 0.975. The quantitative estimate of drug-likeness (QED) is 0.735. The van der Waals surface area contributed by atoms with Crippen LogP contribution in [0, 0.1) is 0 Å². The maximum Gasteiger partial charge on any atom is 0.264 e. The number of benzene rings is 2. The lowest BCUT2D eigenvalue weighted by Gasteiger charge is -2.35. The number of carbonyl (C=O) groups is 1. The van der Waals surface area contributed by atoms with E-state index in [1.807, 2.05) is 0 Å². The van der Waals surface area contributed by atoms with Gasteiger partial charge in [0.1, 0.15) is 5.75 Å². The van der Waals surface area contributed by atoms with E-state index in [-0.39, 0.29) is 23.9 Å². The summed E-state index contributed by atoms with van der Waals surface area (Å²) in [6, 6.07) is 11.5. The second kappa shape index (κ2) is 7.55. The van der Waals surface area contributed by atoms with Gasteiger partial charge in [0.05, 0.1) is 4.90 Å². The number of nitrogens with zero attached hydrogens (tertiary/aromatic N) is 2. The lowest BCUT2D eigenvalue weighted by molar-refractivity contribution is -0.139. The third kappa shape index (κ3) is 3.72. The number of carbonyl (C=O) groups excluding carboxylic acids is 1. The lowest BCUT2D eigenvalue weighted by atomic mass is 10.1. The number of halogens is 2. The highest BCUT2D eigenvalue weighted by Crippen LogP contribution is 2.32. The molecule has 0 spiro atoms. The minimum absolute atomic E-state index is 0.132. The molecule has 2 aromatic rings. The van der Waals surface area contributed by atoms with Crippen LogP contribution < -0.4 is 4.74 Å². The van der Waals surface area contributed by atoms with Crippen LogP contribution in [0.1, 0.15) is 5.56 Å². The smallest absolute Gasteiger partial charge is 0.264 e. The maximum absolute atomic E-state index is 12.8. The minimum atomic E-state index is -3.64. The Balaban J connectivity index is 1.40. The number of amides is 1. The first-order valence-electron chi connectivity index (χ1n) is 8.84. The Hall–Kier alpha value is -1.80. The molecule has 1 fully saturated rings. The largest absolute Gasteiger partial charge is 0.480 e. The lowest BCUT2D eigenvalue weighted by Crippen LogP contribution is -2.53. The molecule has 2 aromatic carbocycles. The van der Waals surface area contributed by atoms with E-state index >= 15 is 0 Å². The van der Waals surface area contributed by atoms with Crippen LogP contribution in [0.2, 0.25) is 10.0 Å². The van der Waals surface area contributed by atoms with E-state index in [4.69, 9.17) is 27.9 Å². The Bertz CT molecular complexity index is 1020. The first kappa shape index (κ1) is 19.5. The van der Waals surface area contributed by atoms with Crippen molar-refractivity contribution in [3.63, 3.8) is 0 Å². The molecule has 1 unspecified atom stereocenters. The predicted molar refractivity (Wildman–Crippen MR) is 106 cm³/mol. The molecular formula is C19H18Cl2N2O4S. The molecule has 2 aliphatic heterocycles. The molecule has 28 heavy (non-hydrogen) atoms. The molecule has 2 heterocycles. The summed E-state index contributed by atoms with van der Waals surface area (Å²) >= 11 is 11.9. The van der Waals surface area contributed by atoms with Crippen molar-refractivity contribution in [2.45, 2.75) is 17.4 Å². The SMILES string of the molecule is O=C(C1Cc2cc(Cl)ccc2O1)N1CCN(S(=O)(=O)c2cccc(Cl)c2)CC1. The van der Waals surface area contributed by atoms with Crippen molar-refractivity contribution < 1.29 is 17.9 Å². The normalized spacial score (nSPS) is 19.9. The molecule has 9 heteroatoms. The third-order valence-electron chi connectivity index (χ3n) is 4.96. The molecule has 148 valence electrons. The average molecular weight is 441 g/mol. The molecule has 1 atom stereocenters. The zero-order valence-electron chi connectivity index (χ0n) is 14.8. The molecule has 1 saturated heterocycles. The summed E-state index contributed by atoms with van der Waals surface area (Å²) < 4.78 is 32.7. The maximum atomic E-state index is 12.8. The highest BCUT2D eigenvalue weighted by molar-refractivity contribution is 7.89. The summed E-state index contributed by atoms with van der Waals surface area (Å²) in [4.78, 5) is 14.6. The molecule has 6 nitrogen and oxygen atoms in total. The predicted octanol–water partition coefficient (Wildman–Crippen LogP) is 2.83. The second-order valence-corrected chi connectivity index (χ2v) is 9.56. The summed E-state index contributed by atoms with van der Waals surface area (Å²) in [5.74, 6) is 0.539. The fraction of sp³-hybridized carbons (Fsp3) is 0.316. The average Bonchev–Trinajstić information content (AvgIpc) is 3.10. The first-order chi connectivity index (χ1) is 13.3. The topological polar surface area (TPSA) is 66.9 Å². The monoisotopic (exact) mass is 440 g/mol. The van der Waals surface area contributed by atoms with E-state index in [0.29, 0.717) is 35.3 Å². The van der Waals surface area contributed by atoms with E-state index in [0.717, 1.165) is 5.56 Å². The van der Waals surface area contributed by atoms with E-state index in [1.165, 1.54) is 16.4 Å². The van der Waals surface area contributed by atoms with E-state index in [2.05, 4.69) is 0 Å². The van der Waals surface area contributed by atoms with Gasteiger partial charge >= 0.3 is 0 Å². The van der Waals surface area contributed by atoms with Crippen LogP contribution in [-0.2, 0) is 21.2 Å². The van der Waals surface area contributed by atoms with E-state index in [9.17, 15) is 13.2 Å². The standard InChI is InChI=1S/C19H18Cl2N2O4S/c20-14-2-1-3-16(12-14)28(25,26)23-8-6-22(7-9-23)19(24)18-11-13-10-15(21)4-5-17(13)27-18/h1-5,10,12,18H,6-9,11H2. The molecule has 0 aromatic heterocycles.